The summed E-state index contributed by atoms with van der Waals surface area (Å²) in [6.07, 6.45) is 8.60. The number of carbonyl (C=O) groups excluding carboxylic acids is 3. The molecule has 1 aliphatic rings. The topological polar surface area (TPSA) is 150 Å². The Labute approximate surface area is 213 Å². The second-order valence-corrected chi connectivity index (χ2v) is 9.54. The molecular formula is C27H41NO8. The monoisotopic (exact) mass is 507 g/mol. The minimum atomic E-state index is -0.994. The number of ether oxygens (including phenoxy) is 1. The summed E-state index contributed by atoms with van der Waals surface area (Å²) in [4.78, 5) is 46.0. The number of unbranched alkanes of at least 4 members (excludes halogenated alkanes) is 1. The third-order valence-electron chi connectivity index (χ3n) is 6.47. The summed E-state index contributed by atoms with van der Waals surface area (Å²) in [7, 11) is 1.48. The van der Waals surface area contributed by atoms with Gasteiger partial charge in [0.1, 0.15) is 11.9 Å². The van der Waals surface area contributed by atoms with Crippen LogP contribution >= 0.6 is 0 Å². The second kappa shape index (κ2) is 16.2. The first kappa shape index (κ1) is 31.4. The van der Waals surface area contributed by atoms with Gasteiger partial charge in [0.15, 0.2) is 0 Å². The number of methoxy groups -OCH3 is 1. The number of allylic oxidation sites excluding steroid dienone is 2. The molecule has 1 fully saturated rings. The number of carboxylic acid groups (broad SMARTS) is 1. The van der Waals surface area contributed by atoms with Crippen LogP contribution in [-0.2, 0) is 23.9 Å². The van der Waals surface area contributed by atoms with Crippen LogP contribution < -0.4 is 5.32 Å². The number of ketones is 1. The van der Waals surface area contributed by atoms with Crippen molar-refractivity contribution in [1.82, 2.24) is 5.32 Å². The highest BCUT2D eigenvalue weighted by Gasteiger charge is 2.27. The number of nitrogens with one attached hydrogen (secondary N) is 1. The number of hydrogen-bond donors (Lipinski definition) is 4. The van der Waals surface area contributed by atoms with Crippen molar-refractivity contribution in [2.24, 2.45) is 17.8 Å². The highest BCUT2D eigenvalue weighted by molar-refractivity contribution is 5.97. The summed E-state index contributed by atoms with van der Waals surface area (Å²) in [6, 6.07) is 0. The lowest BCUT2D eigenvalue weighted by Gasteiger charge is -2.25. The van der Waals surface area contributed by atoms with Crippen molar-refractivity contribution in [3.63, 3.8) is 0 Å². The van der Waals surface area contributed by atoms with E-state index in [4.69, 9.17) is 9.84 Å². The predicted octanol–water partition coefficient (Wildman–Crippen LogP) is 2.71. The van der Waals surface area contributed by atoms with Gasteiger partial charge in [0.25, 0.3) is 0 Å². The van der Waals surface area contributed by atoms with Crippen molar-refractivity contribution in [3.8, 4) is 0 Å². The Morgan fingerprint density at radius 3 is 2.31 bits per heavy atom. The van der Waals surface area contributed by atoms with Gasteiger partial charge >= 0.3 is 5.97 Å². The molecule has 9 nitrogen and oxygen atoms in total. The van der Waals surface area contributed by atoms with E-state index in [9.17, 15) is 29.4 Å². The molecule has 0 unspecified atom stereocenters. The first-order valence-electron chi connectivity index (χ1n) is 12.4. The van der Waals surface area contributed by atoms with E-state index in [-0.39, 0.29) is 35.9 Å². The van der Waals surface area contributed by atoms with Crippen LogP contribution in [0.2, 0.25) is 0 Å². The van der Waals surface area contributed by atoms with Gasteiger partial charge in [0.2, 0.25) is 11.8 Å². The van der Waals surface area contributed by atoms with Crippen LogP contribution in [0.25, 0.3) is 0 Å². The van der Waals surface area contributed by atoms with Gasteiger partial charge in [-0.15, -0.1) is 0 Å². The molecule has 1 aliphatic heterocycles. The second-order valence-electron chi connectivity index (χ2n) is 9.54. The fourth-order valence-electron chi connectivity index (χ4n) is 4.27. The first-order chi connectivity index (χ1) is 17.0. The smallest absolute Gasteiger partial charge is 0.327 e. The summed E-state index contributed by atoms with van der Waals surface area (Å²) < 4.78 is 5.37. The average molecular weight is 508 g/mol. The predicted molar refractivity (Wildman–Crippen MR) is 135 cm³/mol. The number of aliphatic hydroxyl groups is 2. The molecular weight excluding hydrogens is 466 g/mol. The Kier molecular flexibility index (Phi) is 14.1. The normalized spacial score (nSPS) is 19.8. The molecule has 1 saturated heterocycles. The maximum Gasteiger partial charge on any atom is 0.327 e. The van der Waals surface area contributed by atoms with E-state index < -0.39 is 30.2 Å². The van der Waals surface area contributed by atoms with Crippen molar-refractivity contribution in [3.05, 3.63) is 36.0 Å². The standard InChI is InChI=1S/C27H41NO8/c1-17(14-18(2)27(35)22(36-4)12-7-5-6-8-13-25(32)33)26(34)19(3)21(29)11-9-10-20-15-23(30)28-24(31)16-20/h7-8,12-14,18-20,22,26-27,34-35H,5-6,9-11,15-16H2,1-4H3,(H,32,33)(H,28,30,31)/b12-7+,13-8+,17-14+/t18-,19+,22-,26+,27+/m1/s1. The van der Waals surface area contributed by atoms with Crippen LogP contribution in [0.1, 0.15) is 65.7 Å². The Morgan fingerprint density at radius 2 is 1.72 bits per heavy atom. The van der Waals surface area contributed by atoms with Crippen LogP contribution in [0.3, 0.4) is 0 Å². The molecule has 0 spiro atoms. The number of carbonyl (C=O) groups is 4. The van der Waals surface area contributed by atoms with Crippen molar-refractivity contribution in [1.29, 1.82) is 0 Å². The number of piperidine rings is 1. The number of amides is 2. The summed E-state index contributed by atoms with van der Waals surface area (Å²) >= 11 is 0. The quantitative estimate of drug-likeness (QED) is 0.108. The Hall–Kier alpha value is -2.62. The Balaban J connectivity index is 2.57. The highest BCUT2D eigenvalue weighted by atomic mass is 16.5. The summed E-state index contributed by atoms with van der Waals surface area (Å²) in [5.41, 5.74) is 0.578. The van der Waals surface area contributed by atoms with Gasteiger partial charge in [0.05, 0.1) is 12.2 Å². The molecule has 0 aromatic heterocycles. The molecule has 4 N–H and O–H groups in total. The molecule has 5 atom stereocenters. The molecule has 0 aliphatic carbocycles. The van der Waals surface area contributed by atoms with E-state index in [1.54, 1.807) is 39.0 Å². The zero-order valence-electron chi connectivity index (χ0n) is 21.7. The zero-order chi connectivity index (χ0) is 27.3. The number of aliphatic carboxylic acids is 1. The number of hydrogen-bond acceptors (Lipinski definition) is 7. The molecule has 1 heterocycles. The fourth-order valence-corrected chi connectivity index (χ4v) is 4.27. The molecule has 0 radical (unpaired) electrons. The SMILES string of the molecule is CO[C@H](/C=C/CC/C=C/C(=O)O)[C@@H](O)[C@H](C)/C=C(\C)[C@H](O)[C@@H](C)C(=O)CCCC1CC(=O)NC(=O)C1. The number of imide groups is 1. The third-order valence-corrected chi connectivity index (χ3v) is 6.47. The number of Topliss-reactive ketones (excluding diaryl/α,β-unsaturated/α-hetero) is 1. The van der Waals surface area contributed by atoms with Gasteiger partial charge in [-0.25, -0.2) is 4.79 Å². The van der Waals surface area contributed by atoms with Crippen molar-refractivity contribution >= 4 is 23.6 Å². The van der Waals surface area contributed by atoms with Crippen LogP contribution in [-0.4, -0.2) is 64.3 Å². The number of carboxylic acids is 1. The van der Waals surface area contributed by atoms with Crippen molar-refractivity contribution in [2.75, 3.05) is 7.11 Å². The highest BCUT2D eigenvalue weighted by Crippen LogP contribution is 2.23. The van der Waals surface area contributed by atoms with Crippen LogP contribution in [0, 0.1) is 17.8 Å². The molecule has 9 heteroatoms. The van der Waals surface area contributed by atoms with Crippen LogP contribution in [0.5, 0.6) is 0 Å². The summed E-state index contributed by atoms with van der Waals surface area (Å²) in [5, 5.41) is 32.3. The van der Waals surface area contributed by atoms with Gasteiger partial charge in [-0.1, -0.05) is 38.2 Å². The summed E-state index contributed by atoms with van der Waals surface area (Å²) in [6.45, 7) is 5.18. The largest absolute Gasteiger partial charge is 0.478 e. The van der Waals surface area contributed by atoms with Gasteiger partial charge in [0, 0.05) is 44.3 Å². The molecule has 0 aromatic carbocycles. The van der Waals surface area contributed by atoms with E-state index in [2.05, 4.69) is 5.32 Å². The Morgan fingerprint density at radius 1 is 1.11 bits per heavy atom. The van der Waals surface area contributed by atoms with E-state index in [1.807, 2.05) is 6.08 Å². The number of aliphatic hydroxyl groups excluding tert-OH is 2. The molecule has 2 amide bonds. The lowest BCUT2D eigenvalue weighted by atomic mass is 9.87. The van der Waals surface area contributed by atoms with Crippen LogP contribution in [0.4, 0.5) is 0 Å². The third kappa shape index (κ3) is 11.4. The lowest BCUT2D eigenvalue weighted by Crippen LogP contribution is -2.38. The first-order valence-corrected chi connectivity index (χ1v) is 12.4. The average Bonchev–Trinajstić information content (AvgIpc) is 2.81. The van der Waals surface area contributed by atoms with Gasteiger partial charge < -0.3 is 20.1 Å². The van der Waals surface area contributed by atoms with E-state index in [0.29, 0.717) is 44.1 Å². The maximum atomic E-state index is 12.6. The Bertz CT molecular complexity index is 831. The molecule has 36 heavy (non-hydrogen) atoms. The summed E-state index contributed by atoms with van der Waals surface area (Å²) in [5.74, 6) is -2.68. The van der Waals surface area contributed by atoms with E-state index in [0.717, 1.165) is 6.08 Å². The zero-order valence-corrected chi connectivity index (χ0v) is 21.7. The van der Waals surface area contributed by atoms with Crippen LogP contribution in [0.15, 0.2) is 36.0 Å². The van der Waals surface area contributed by atoms with E-state index >= 15 is 0 Å². The van der Waals surface area contributed by atoms with E-state index in [1.165, 1.54) is 7.11 Å². The minimum absolute atomic E-state index is 0.0489. The van der Waals surface area contributed by atoms with Gasteiger partial charge in [-0.2, -0.15) is 0 Å². The minimum Gasteiger partial charge on any atom is -0.478 e. The van der Waals surface area contributed by atoms with Crippen molar-refractivity contribution in [2.45, 2.75) is 84.0 Å². The molecule has 202 valence electrons. The molecule has 0 saturated carbocycles. The molecule has 0 aromatic rings. The molecule has 0 bridgehead atoms. The van der Waals surface area contributed by atoms with Crippen molar-refractivity contribution < 1.29 is 39.2 Å². The van der Waals surface area contributed by atoms with Gasteiger partial charge in [-0.3, -0.25) is 19.7 Å². The lowest BCUT2D eigenvalue weighted by molar-refractivity contribution is -0.135. The fraction of sp³-hybridized carbons (Fsp3) is 0.630. The maximum absolute atomic E-state index is 12.6. The molecule has 1 rings (SSSR count). The number of rotatable bonds is 16. The van der Waals surface area contributed by atoms with Gasteiger partial charge in [-0.05, 0) is 44.1 Å².